The van der Waals surface area contributed by atoms with Gasteiger partial charge in [-0.05, 0) is 37.9 Å². The van der Waals surface area contributed by atoms with Crippen molar-refractivity contribution in [3.8, 4) is 5.75 Å². The summed E-state index contributed by atoms with van der Waals surface area (Å²) >= 11 is 5.78. The SMILES string of the molecule is COc1ccc(Cl)c(F)c1CC1CCCN1. The van der Waals surface area contributed by atoms with Crippen LogP contribution in [-0.2, 0) is 6.42 Å². The first kappa shape index (κ1) is 11.7. The van der Waals surface area contributed by atoms with Crippen molar-refractivity contribution in [2.24, 2.45) is 0 Å². The summed E-state index contributed by atoms with van der Waals surface area (Å²) in [5.74, 6) is 0.227. The van der Waals surface area contributed by atoms with Crippen molar-refractivity contribution < 1.29 is 9.13 Å². The van der Waals surface area contributed by atoms with Crippen molar-refractivity contribution in [1.82, 2.24) is 5.32 Å². The van der Waals surface area contributed by atoms with E-state index in [0.717, 1.165) is 19.4 Å². The number of benzene rings is 1. The Bertz CT molecular complexity index is 378. The van der Waals surface area contributed by atoms with E-state index in [4.69, 9.17) is 16.3 Å². The van der Waals surface area contributed by atoms with Gasteiger partial charge in [-0.2, -0.15) is 0 Å². The smallest absolute Gasteiger partial charge is 0.148 e. The monoisotopic (exact) mass is 243 g/mol. The first-order valence-corrected chi connectivity index (χ1v) is 5.84. The van der Waals surface area contributed by atoms with Gasteiger partial charge in [-0.15, -0.1) is 0 Å². The van der Waals surface area contributed by atoms with Crippen LogP contribution in [0.25, 0.3) is 0 Å². The van der Waals surface area contributed by atoms with E-state index in [0.29, 0.717) is 23.8 Å². The molecule has 0 bridgehead atoms. The highest BCUT2D eigenvalue weighted by Crippen LogP contribution is 2.29. The van der Waals surface area contributed by atoms with Gasteiger partial charge in [-0.3, -0.25) is 0 Å². The summed E-state index contributed by atoms with van der Waals surface area (Å²) in [6, 6.07) is 3.58. The van der Waals surface area contributed by atoms with E-state index < -0.39 is 0 Å². The molecule has 1 aliphatic heterocycles. The van der Waals surface area contributed by atoms with E-state index in [9.17, 15) is 4.39 Å². The van der Waals surface area contributed by atoms with Crippen LogP contribution in [0.15, 0.2) is 12.1 Å². The average Bonchev–Trinajstić information content (AvgIpc) is 2.78. The van der Waals surface area contributed by atoms with Crippen molar-refractivity contribution in [2.75, 3.05) is 13.7 Å². The molecule has 2 nitrogen and oxygen atoms in total. The summed E-state index contributed by atoms with van der Waals surface area (Å²) in [6.45, 7) is 1.01. The number of hydrogen-bond acceptors (Lipinski definition) is 2. The lowest BCUT2D eigenvalue weighted by molar-refractivity contribution is 0.400. The highest BCUT2D eigenvalue weighted by atomic mass is 35.5. The third kappa shape index (κ3) is 2.30. The van der Waals surface area contributed by atoms with Gasteiger partial charge in [0.05, 0.1) is 12.1 Å². The molecule has 0 aromatic heterocycles. The Hall–Kier alpha value is -0.800. The molecule has 1 aliphatic rings. The van der Waals surface area contributed by atoms with Gasteiger partial charge in [0.15, 0.2) is 0 Å². The van der Waals surface area contributed by atoms with E-state index >= 15 is 0 Å². The van der Waals surface area contributed by atoms with Crippen molar-refractivity contribution in [1.29, 1.82) is 0 Å². The van der Waals surface area contributed by atoms with Crippen molar-refractivity contribution in [3.63, 3.8) is 0 Å². The predicted octanol–water partition coefficient (Wildman–Crippen LogP) is 2.78. The van der Waals surface area contributed by atoms with E-state index in [2.05, 4.69) is 5.32 Å². The molecule has 1 atom stereocenters. The Balaban J connectivity index is 2.25. The lowest BCUT2D eigenvalue weighted by Gasteiger charge is -2.14. The maximum atomic E-state index is 13.9. The molecule has 1 heterocycles. The fourth-order valence-electron chi connectivity index (χ4n) is 2.13. The van der Waals surface area contributed by atoms with Crippen LogP contribution in [0, 0.1) is 5.82 Å². The molecule has 0 saturated carbocycles. The highest BCUT2D eigenvalue weighted by molar-refractivity contribution is 6.30. The van der Waals surface area contributed by atoms with Crippen LogP contribution < -0.4 is 10.1 Å². The molecule has 1 aromatic carbocycles. The summed E-state index contributed by atoms with van der Waals surface area (Å²) in [5, 5.41) is 3.50. The Morgan fingerprint density at radius 1 is 1.56 bits per heavy atom. The minimum atomic E-state index is -0.352. The average molecular weight is 244 g/mol. The molecule has 0 aliphatic carbocycles. The van der Waals surface area contributed by atoms with Crippen LogP contribution in [0.4, 0.5) is 4.39 Å². The second kappa shape index (κ2) is 5.02. The molecule has 0 spiro atoms. The van der Waals surface area contributed by atoms with Gasteiger partial charge < -0.3 is 10.1 Å². The predicted molar refractivity (Wildman–Crippen MR) is 62.7 cm³/mol. The topological polar surface area (TPSA) is 21.3 Å². The lowest BCUT2D eigenvalue weighted by Crippen LogP contribution is -2.24. The highest BCUT2D eigenvalue weighted by Gasteiger charge is 2.20. The van der Waals surface area contributed by atoms with Crippen molar-refractivity contribution in [2.45, 2.75) is 25.3 Å². The summed E-state index contributed by atoms with van der Waals surface area (Å²) < 4.78 is 19.0. The van der Waals surface area contributed by atoms with Crippen LogP contribution in [0.5, 0.6) is 5.75 Å². The van der Waals surface area contributed by atoms with Crippen LogP contribution in [-0.4, -0.2) is 19.7 Å². The third-order valence-electron chi connectivity index (χ3n) is 2.99. The first-order chi connectivity index (χ1) is 7.72. The largest absolute Gasteiger partial charge is 0.496 e. The third-order valence-corrected chi connectivity index (χ3v) is 3.28. The van der Waals surface area contributed by atoms with Gasteiger partial charge in [0.1, 0.15) is 11.6 Å². The summed E-state index contributed by atoms with van der Waals surface area (Å²) in [7, 11) is 1.55. The van der Waals surface area contributed by atoms with Crippen LogP contribution >= 0.6 is 11.6 Å². The van der Waals surface area contributed by atoms with Crippen LogP contribution in [0.2, 0.25) is 5.02 Å². The molecule has 1 aromatic rings. The maximum Gasteiger partial charge on any atom is 0.148 e. The van der Waals surface area contributed by atoms with Gasteiger partial charge in [0.25, 0.3) is 0 Å². The van der Waals surface area contributed by atoms with Gasteiger partial charge in [0, 0.05) is 11.6 Å². The Morgan fingerprint density at radius 2 is 2.38 bits per heavy atom. The summed E-state index contributed by atoms with van der Waals surface area (Å²) in [5.41, 5.74) is 0.578. The number of nitrogens with one attached hydrogen (secondary N) is 1. The van der Waals surface area contributed by atoms with E-state index in [-0.39, 0.29) is 10.8 Å². The standard InChI is InChI=1S/C12H15ClFNO/c1-16-11-5-4-10(13)12(14)9(11)7-8-3-2-6-15-8/h4-5,8,15H,2-3,6-7H2,1H3. The van der Waals surface area contributed by atoms with Crippen LogP contribution in [0.3, 0.4) is 0 Å². The zero-order chi connectivity index (χ0) is 11.5. The van der Waals surface area contributed by atoms with Crippen molar-refractivity contribution >= 4 is 11.6 Å². The number of rotatable bonds is 3. The molecule has 16 heavy (non-hydrogen) atoms. The maximum absolute atomic E-state index is 13.9. The number of hydrogen-bond donors (Lipinski definition) is 1. The molecule has 1 N–H and O–H groups in total. The quantitative estimate of drug-likeness (QED) is 0.882. The van der Waals surface area contributed by atoms with Crippen molar-refractivity contribution in [3.05, 3.63) is 28.5 Å². The molecule has 1 fully saturated rings. The Kier molecular flexibility index (Phi) is 3.66. The van der Waals surface area contributed by atoms with Gasteiger partial charge >= 0.3 is 0 Å². The zero-order valence-electron chi connectivity index (χ0n) is 9.22. The molecule has 2 rings (SSSR count). The van der Waals surface area contributed by atoms with Gasteiger partial charge in [-0.1, -0.05) is 11.6 Å². The molecular weight excluding hydrogens is 229 g/mol. The molecular formula is C12H15ClFNO. The van der Waals surface area contributed by atoms with E-state index in [1.165, 1.54) is 6.07 Å². The van der Waals surface area contributed by atoms with Crippen LogP contribution in [0.1, 0.15) is 18.4 Å². The first-order valence-electron chi connectivity index (χ1n) is 5.46. The fourth-order valence-corrected chi connectivity index (χ4v) is 2.31. The molecule has 0 radical (unpaired) electrons. The number of ether oxygens (including phenoxy) is 1. The normalized spacial score (nSPS) is 20.1. The minimum Gasteiger partial charge on any atom is -0.496 e. The fraction of sp³-hybridized carbons (Fsp3) is 0.500. The second-order valence-corrected chi connectivity index (χ2v) is 4.45. The van der Waals surface area contributed by atoms with Gasteiger partial charge in [-0.25, -0.2) is 4.39 Å². The molecule has 1 saturated heterocycles. The molecule has 1 unspecified atom stereocenters. The van der Waals surface area contributed by atoms with E-state index in [1.54, 1.807) is 13.2 Å². The lowest BCUT2D eigenvalue weighted by atomic mass is 10.0. The number of methoxy groups -OCH3 is 1. The van der Waals surface area contributed by atoms with Gasteiger partial charge in [0.2, 0.25) is 0 Å². The molecule has 4 heteroatoms. The second-order valence-electron chi connectivity index (χ2n) is 4.04. The summed E-state index contributed by atoms with van der Waals surface area (Å²) in [6.07, 6.45) is 2.86. The summed E-state index contributed by atoms with van der Waals surface area (Å²) in [4.78, 5) is 0. The minimum absolute atomic E-state index is 0.161. The zero-order valence-corrected chi connectivity index (χ0v) is 9.98. The Labute approximate surface area is 99.7 Å². The number of halogens is 2. The Morgan fingerprint density at radius 3 is 3.00 bits per heavy atom. The molecule has 88 valence electrons. The molecule has 0 amide bonds. The van der Waals surface area contributed by atoms with E-state index in [1.807, 2.05) is 0 Å².